The molecule has 0 aliphatic carbocycles. The monoisotopic (exact) mass is 401 g/mol. The smallest absolute Gasteiger partial charge is 0.307 e. The van der Waals surface area contributed by atoms with Crippen molar-refractivity contribution in [2.24, 2.45) is 5.10 Å². The second kappa shape index (κ2) is 10.3. The van der Waals surface area contributed by atoms with E-state index in [1.807, 2.05) is 6.92 Å². The van der Waals surface area contributed by atoms with Gasteiger partial charge in [-0.15, -0.1) is 0 Å². The van der Waals surface area contributed by atoms with Crippen LogP contribution in [-0.2, 0) is 9.53 Å². The average molecular weight is 401 g/mol. The lowest BCUT2D eigenvalue weighted by Crippen LogP contribution is -2.43. The second-order valence-corrected chi connectivity index (χ2v) is 6.10. The lowest BCUT2D eigenvalue weighted by atomic mass is 10.2. The molecule has 1 aromatic heterocycles. The van der Waals surface area contributed by atoms with Crippen LogP contribution in [-0.4, -0.2) is 62.4 Å². The Labute approximate surface area is 168 Å². The second-order valence-electron chi connectivity index (χ2n) is 6.10. The number of hydrogen-bond acceptors (Lipinski definition) is 7. The number of carbonyl (C=O) groups excluding carboxylic acids is 2. The number of furan rings is 1. The van der Waals surface area contributed by atoms with Gasteiger partial charge in [0.15, 0.2) is 23.9 Å². The highest BCUT2D eigenvalue weighted by Crippen LogP contribution is 2.28. The minimum Gasteiger partial charge on any atom is -0.490 e. The van der Waals surface area contributed by atoms with Crippen LogP contribution in [0.4, 0.5) is 0 Å². The van der Waals surface area contributed by atoms with Gasteiger partial charge in [0, 0.05) is 13.1 Å². The topological polar surface area (TPSA) is 103 Å². The first kappa shape index (κ1) is 20.4. The zero-order valence-electron chi connectivity index (χ0n) is 16.1. The highest BCUT2D eigenvalue weighted by molar-refractivity contribution is 5.92. The minimum atomic E-state index is -0.446. The van der Waals surface area contributed by atoms with Crippen molar-refractivity contribution < 1.29 is 28.2 Å². The normalized spacial score (nSPS) is 14.0. The van der Waals surface area contributed by atoms with Gasteiger partial charge in [-0.3, -0.25) is 9.59 Å². The van der Waals surface area contributed by atoms with E-state index in [2.05, 4.69) is 10.5 Å². The molecule has 0 atom stereocenters. The van der Waals surface area contributed by atoms with Gasteiger partial charge >= 0.3 is 5.91 Å². The van der Waals surface area contributed by atoms with Gasteiger partial charge in [0.05, 0.1) is 32.3 Å². The Bertz CT molecular complexity index is 844. The molecule has 154 valence electrons. The van der Waals surface area contributed by atoms with Crippen molar-refractivity contribution >= 4 is 18.0 Å². The highest BCUT2D eigenvalue weighted by Gasteiger charge is 2.18. The molecule has 0 radical (unpaired) electrons. The van der Waals surface area contributed by atoms with Crippen LogP contribution in [0.15, 0.2) is 46.1 Å². The standard InChI is InChI=1S/C20H23N3O6/c1-2-27-18-12-15(13-21-22-20(25)17-4-3-9-28-17)5-6-16(18)29-14-19(24)23-7-10-26-11-8-23/h3-6,9,12-13H,2,7-8,10-11,14H2,1H3,(H,22,25)/b21-13+. The van der Waals surface area contributed by atoms with Gasteiger partial charge in [-0.2, -0.15) is 5.10 Å². The van der Waals surface area contributed by atoms with Crippen molar-refractivity contribution in [2.45, 2.75) is 6.92 Å². The Balaban J connectivity index is 1.59. The Morgan fingerprint density at radius 1 is 1.21 bits per heavy atom. The predicted molar refractivity (Wildman–Crippen MR) is 104 cm³/mol. The summed E-state index contributed by atoms with van der Waals surface area (Å²) in [4.78, 5) is 25.8. The number of amides is 2. The number of nitrogens with zero attached hydrogens (tertiary/aromatic N) is 2. The maximum atomic E-state index is 12.2. The van der Waals surface area contributed by atoms with Crippen LogP contribution < -0.4 is 14.9 Å². The van der Waals surface area contributed by atoms with Gasteiger partial charge in [0.25, 0.3) is 5.91 Å². The van der Waals surface area contributed by atoms with E-state index in [0.29, 0.717) is 50.0 Å². The summed E-state index contributed by atoms with van der Waals surface area (Å²) in [5.74, 6) is 0.583. The maximum absolute atomic E-state index is 12.2. The number of rotatable bonds is 8. The van der Waals surface area contributed by atoms with E-state index in [1.165, 1.54) is 12.5 Å². The molecule has 0 saturated carbocycles. The number of ether oxygens (including phenoxy) is 3. The molecule has 1 fully saturated rings. The quantitative estimate of drug-likeness (QED) is 0.533. The van der Waals surface area contributed by atoms with Crippen molar-refractivity contribution in [2.75, 3.05) is 39.5 Å². The minimum absolute atomic E-state index is 0.0767. The Hall–Kier alpha value is -3.33. The summed E-state index contributed by atoms with van der Waals surface area (Å²) < 4.78 is 21.5. The molecule has 0 unspecified atom stereocenters. The molecule has 2 aromatic rings. The Kier molecular flexibility index (Phi) is 7.23. The van der Waals surface area contributed by atoms with Crippen molar-refractivity contribution in [1.82, 2.24) is 10.3 Å². The first-order valence-corrected chi connectivity index (χ1v) is 9.29. The summed E-state index contributed by atoms with van der Waals surface area (Å²) in [5.41, 5.74) is 3.07. The van der Waals surface area contributed by atoms with Crippen molar-refractivity contribution in [3.8, 4) is 11.5 Å². The number of hydrogen-bond donors (Lipinski definition) is 1. The molecule has 1 N–H and O–H groups in total. The summed E-state index contributed by atoms with van der Waals surface area (Å²) in [7, 11) is 0. The van der Waals surface area contributed by atoms with Gasteiger partial charge in [0.2, 0.25) is 0 Å². The van der Waals surface area contributed by atoms with Crippen molar-refractivity contribution in [3.63, 3.8) is 0 Å². The van der Waals surface area contributed by atoms with Crippen molar-refractivity contribution in [3.05, 3.63) is 47.9 Å². The lowest BCUT2D eigenvalue weighted by Gasteiger charge is -2.26. The fraction of sp³-hybridized carbons (Fsp3) is 0.350. The third-order valence-electron chi connectivity index (χ3n) is 4.11. The van der Waals surface area contributed by atoms with Gasteiger partial charge in [-0.25, -0.2) is 5.43 Å². The molecule has 1 aromatic carbocycles. The molecule has 29 heavy (non-hydrogen) atoms. The zero-order chi connectivity index (χ0) is 20.5. The molecular formula is C20H23N3O6. The summed E-state index contributed by atoms with van der Waals surface area (Å²) in [6, 6.07) is 8.34. The van der Waals surface area contributed by atoms with E-state index in [0.717, 1.165) is 0 Å². The highest BCUT2D eigenvalue weighted by atomic mass is 16.5. The van der Waals surface area contributed by atoms with Crippen molar-refractivity contribution in [1.29, 1.82) is 0 Å². The molecule has 1 aliphatic rings. The first-order chi connectivity index (χ1) is 14.2. The van der Waals surface area contributed by atoms with Crippen LogP contribution in [0.3, 0.4) is 0 Å². The fourth-order valence-electron chi connectivity index (χ4n) is 2.66. The number of nitrogens with one attached hydrogen (secondary N) is 1. The third-order valence-corrected chi connectivity index (χ3v) is 4.11. The van der Waals surface area contributed by atoms with Crippen LogP contribution >= 0.6 is 0 Å². The molecule has 0 bridgehead atoms. The Morgan fingerprint density at radius 2 is 2.03 bits per heavy atom. The summed E-state index contributed by atoms with van der Waals surface area (Å²) in [5, 5.41) is 3.91. The van der Waals surface area contributed by atoms with E-state index >= 15 is 0 Å². The van der Waals surface area contributed by atoms with Crippen LogP contribution in [0.25, 0.3) is 0 Å². The maximum Gasteiger partial charge on any atom is 0.307 e. The zero-order valence-corrected chi connectivity index (χ0v) is 16.1. The molecule has 0 spiro atoms. The first-order valence-electron chi connectivity index (χ1n) is 9.29. The largest absolute Gasteiger partial charge is 0.490 e. The number of carbonyl (C=O) groups is 2. The molecule has 1 saturated heterocycles. The van der Waals surface area contributed by atoms with E-state index in [1.54, 1.807) is 35.2 Å². The molecule has 2 amide bonds. The van der Waals surface area contributed by atoms with E-state index in [-0.39, 0.29) is 18.3 Å². The number of morpholine rings is 1. The van der Waals surface area contributed by atoms with Gasteiger partial charge in [0.1, 0.15) is 0 Å². The van der Waals surface area contributed by atoms with E-state index in [9.17, 15) is 9.59 Å². The summed E-state index contributed by atoms with van der Waals surface area (Å²) in [6.45, 7) is 4.43. The number of hydrazone groups is 1. The van der Waals surface area contributed by atoms with E-state index < -0.39 is 5.91 Å². The average Bonchev–Trinajstić information content (AvgIpc) is 3.29. The molecule has 2 heterocycles. The van der Waals surface area contributed by atoms with Crippen LogP contribution in [0.5, 0.6) is 11.5 Å². The summed E-state index contributed by atoms with van der Waals surface area (Å²) >= 11 is 0. The van der Waals surface area contributed by atoms with Crippen LogP contribution in [0, 0.1) is 0 Å². The lowest BCUT2D eigenvalue weighted by molar-refractivity contribution is -0.137. The van der Waals surface area contributed by atoms with Crippen LogP contribution in [0.2, 0.25) is 0 Å². The molecule has 9 heteroatoms. The van der Waals surface area contributed by atoms with Gasteiger partial charge in [-0.1, -0.05) is 0 Å². The summed E-state index contributed by atoms with van der Waals surface area (Å²) in [6.07, 6.45) is 2.89. The van der Waals surface area contributed by atoms with Crippen LogP contribution in [0.1, 0.15) is 23.0 Å². The van der Waals surface area contributed by atoms with Gasteiger partial charge < -0.3 is 23.5 Å². The molecule has 1 aliphatic heterocycles. The Morgan fingerprint density at radius 3 is 2.76 bits per heavy atom. The molecule has 3 rings (SSSR count). The fourth-order valence-corrected chi connectivity index (χ4v) is 2.66. The number of benzene rings is 1. The molecular weight excluding hydrogens is 378 g/mol. The van der Waals surface area contributed by atoms with E-state index in [4.69, 9.17) is 18.6 Å². The molecule has 9 nitrogen and oxygen atoms in total. The predicted octanol–water partition coefficient (Wildman–Crippen LogP) is 1.68. The SMILES string of the molecule is CCOc1cc(/C=N/NC(=O)c2ccco2)ccc1OCC(=O)N1CCOCC1. The van der Waals surface area contributed by atoms with Gasteiger partial charge in [-0.05, 0) is 42.8 Å². The third kappa shape index (κ3) is 5.82.